The lowest BCUT2D eigenvalue weighted by molar-refractivity contribution is 0.490. The second-order valence-corrected chi connectivity index (χ2v) is 24.2. The molecule has 11 aromatic rings. The first-order valence-corrected chi connectivity index (χ1v) is 28.3. The van der Waals surface area contributed by atoms with E-state index in [1.807, 2.05) is 0 Å². The van der Waals surface area contributed by atoms with Crippen molar-refractivity contribution in [1.29, 1.82) is 0 Å². The van der Waals surface area contributed by atoms with Crippen LogP contribution in [0.5, 0.6) is 0 Å². The SMILES string of the molecule is CCC1(CC)c2ccccc2-c2ccc(-c3ccc4c(c3)c3cc(-c5ccc6c(c5)C(CC)(CC)c5ccccc5-6)ccc3n4-c3ccc([Si](c4ccccc4)(c4ccccc4)c4ccccc4)cc3)cc21. The van der Waals surface area contributed by atoms with Crippen LogP contribution in [0, 0.1) is 0 Å². The van der Waals surface area contributed by atoms with Gasteiger partial charge in [0.05, 0.1) is 11.0 Å². The maximum Gasteiger partial charge on any atom is 0.179 e. The molecule has 0 saturated carbocycles. The number of nitrogens with zero attached hydrogens (tertiary/aromatic N) is 1. The summed E-state index contributed by atoms with van der Waals surface area (Å²) < 4.78 is 2.51. The Hall–Kier alpha value is -7.78. The third-order valence-electron chi connectivity index (χ3n) is 17.6. The van der Waals surface area contributed by atoms with Crippen LogP contribution in [0.4, 0.5) is 0 Å². The van der Waals surface area contributed by atoms with Gasteiger partial charge in [-0.3, -0.25) is 0 Å². The smallest absolute Gasteiger partial charge is 0.179 e. The van der Waals surface area contributed by atoms with Crippen LogP contribution < -0.4 is 20.7 Å². The van der Waals surface area contributed by atoms with Gasteiger partial charge in [-0.2, -0.15) is 0 Å². The molecule has 1 heterocycles. The molecule has 0 bridgehead atoms. The van der Waals surface area contributed by atoms with E-state index in [0.717, 1.165) is 31.4 Å². The van der Waals surface area contributed by atoms with E-state index in [1.54, 1.807) is 0 Å². The summed E-state index contributed by atoms with van der Waals surface area (Å²) in [4.78, 5) is 0. The summed E-state index contributed by atoms with van der Waals surface area (Å²) in [7, 11) is -2.70. The van der Waals surface area contributed by atoms with Crippen molar-refractivity contribution in [2.75, 3.05) is 0 Å². The number of aromatic nitrogens is 1. The van der Waals surface area contributed by atoms with Crippen molar-refractivity contribution in [3.63, 3.8) is 0 Å². The second-order valence-electron chi connectivity index (χ2n) is 20.4. The summed E-state index contributed by atoms with van der Waals surface area (Å²) >= 11 is 0. The van der Waals surface area contributed by atoms with E-state index >= 15 is 0 Å². The molecular weight excluding hydrogens is 883 g/mol. The molecule has 0 atom stereocenters. The van der Waals surface area contributed by atoms with Crippen molar-refractivity contribution in [2.45, 2.75) is 64.2 Å². The van der Waals surface area contributed by atoms with Gasteiger partial charge in [-0.25, -0.2) is 0 Å². The standard InChI is InChI=1S/C70H59NSi/c1-5-69(6-2)63-30-20-18-28-57(63)59-40-32-50(46-65(59)69)48-34-42-67-61(44-48)62-45-49(51-33-41-60-58-29-19-21-31-64(58)70(7-3,8-4)66(60)47-51)35-43-68(62)71(67)52-36-38-56(39-37-52)72(53-22-12-9-13-23-53,54-24-14-10-15-25-54)55-26-16-11-17-27-55/h9-47H,5-8H2,1-4H3. The molecule has 10 aromatic carbocycles. The Morgan fingerprint density at radius 2 is 0.639 bits per heavy atom. The van der Waals surface area contributed by atoms with Gasteiger partial charge in [0.1, 0.15) is 0 Å². The minimum atomic E-state index is -2.70. The van der Waals surface area contributed by atoms with Gasteiger partial charge in [-0.05, 0) is 162 Å². The maximum atomic E-state index is 2.52. The van der Waals surface area contributed by atoms with Crippen LogP contribution in [0.2, 0.25) is 0 Å². The molecule has 0 N–H and O–H groups in total. The molecule has 13 rings (SSSR count). The number of hydrogen-bond acceptors (Lipinski definition) is 0. The Labute approximate surface area is 426 Å². The van der Waals surface area contributed by atoms with E-state index in [-0.39, 0.29) is 10.8 Å². The fraction of sp³-hybridized carbons (Fsp3) is 0.143. The quantitative estimate of drug-likeness (QED) is 0.0899. The molecule has 348 valence electrons. The predicted octanol–water partition coefficient (Wildman–Crippen LogP) is 15.7. The van der Waals surface area contributed by atoms with Gasteiger partial charge in [0.2, 0.25) is 0 Å². The van der Waals surface area contributed by atoms with Crippen molar-refractivity contribution in [1.82, 2.24) is 4.57 Å². The van der Waals surface area contributed by atoms with E-state index in [2.05, 4.69) is 269 Å². The normalized spacial score (nSPS) is 14.0. The number of fused-ring (bicyclic) bond motifs is 9. The van der Waals surface area contributed by atoms with Crippen LogP contribution in [0.15, 0.2) is 237 Å². The Bertz CT molecular complexity index is 3570. The maximum absolute atomic E-state index is 2.70. The monoisotopic (exact) mass is 941 g/mol. The fourth-order valence-electron chi connectivity index (χ4n) is 13.9. The van der Waals surface area contributed by atoms with Crippen molar-refractivity contribution in [2.24, 2.45) is 0 Å². The molecular formula is C70H59NSi. The van der Waals surface area contributed by atoms with Crippen molar-refractivity contribution >= 4 is 50.6 Å². The molecule has 2 heteroatoms. The molecule has 0 amide bonds. The number of hydrogen-bond donors (Lipinski definition) is 0. The first-order chi connectivity index (χ1) is 35.5. The average Bonchev–Trinajstić information content (AvgIpc) is 4.05. The van der Waals surface area contributed by atoms with Gasteiger partial charge in [0.25, 0.3) is 0 Å². The highest BCUT2D eigenvalue weighted by Crippen LogP contribution is 2.55. The molecule has 0 unspecified atom stereocenters. The molecule has 0 saturated heterocycles. The molecule has 1 aromatic heterocycles. The highest BCUT2D eigenvalue weighted by atomic mass is 28.3. The zero-order chi connectivity index (χ0) is 48.6. The predicted molar refractivity (Wildman–Crippen MR) is 309 cm³/mol. The summed E-state index contributed by atoms with van der Waals surface area (Å²) in [6, 6.07) is 90.5. The van der Waals surface area contributed by atoms with Crippen molar-refractivity contribution < 1.29 is 0 Å². The van der Waals surface area contributed by atoms with Crippen LogP contribution >= 0.6 is 0 Å². The molecule has 2 aliphatic carbocycles. The summed E-state index contributed by atoms with van der Waals surface area (Å²) in [5, 5.41) is 8.03. The fourth-order valence-corrected chi connectivity index (χ4v) is 18.6. The summed E-state index contributed by atoms with van der Waals surface area (Å²) in [6.45, 7) is 9.46. The second kappa shape index (κ2) is 17.2. The van der Waals surface area contributed by atoms with Gasteiger partial charge in [-0.15, -0.1) is 0 Å². The first kappa shape index (κ1) is 44.2. The summed E-state index contributed by atoms with van der Waals surface area (Å²) in [6.07, 6.45) is 4.29. The summed E-state index contributed by atoms with van der Waals surface area (Å²) in [5.41, 5.74) is 20.1. The van der Waals surface area contributed by atoms with Gasteiger partial charge < -0.3 is 4.57 Å². The van der Waals surface area contributed by atoms with E-state index in [4.69, 9.17) is 0 Å². The zero-order valence-corrected chi connectivity index (χ0v) is 42.8. The average molecular weight is 942 g/mol. The Kier molecular flexibility index (Phi) is 10.6. The number of rotatable bonds is 11. The minimum Gasteiger partial charge on any atom is -0.309 e. The molecule has 0 spiro atoms. The Balaban J connectivity index is 1.00. The van der Waals surface area contributed by atoms with Crippen LogP contribution in [-0.2, 0) is 10.8 Å². The lowest BCUT2D eigenvalue weighted by Gasteiger charge is -2.34. The van der Waals surface area contributed by atoms with Gasteiger partial charge in [-0.1, -0.05) is 216 Å². The van der Waals surface area contributed by atoms with E-state index in [0.29, 0.717) is 0 Å². The van der Waals surface area contributed by atoms with E-state index < -0.39 is 8.07 Å². The van der Waals surface area contributed by atoms with E-state index in [9.17, 15) is 0 Å². The van der Waals surface area contributed by atoms with Crippen LogP contribution in [-0.4, -0.2) is 12.6 Å². The van der Waals surface area contributed by atoms with Gasteiger partial charge in [0.15, 0.2) is 8.07 Å². The van der Waals surface area contributed by atoms with E-state index in [1.165, 1.54) is 109 Å². The third kappa shape index (κ3) is 6.31. The highest BCUT2D eigenvalue weighted by Gasteiger charge is 2.43. The topological polar surface area (TPSA) is 4.93 Å². The first-order valence-electron chi connectivity index (χ1n) is 26.3. The van der Waals surface area contributed by atoms with Crippen LogP contribution in [0.1, 0.15) is 75.6 Å². The van der Waals surface area contributed by atoms with Gasteiger partial charge in [0, 0.05) is 27.3 Å². The minimum absolute atomic E-state index is 0.00940. The zero-order valence-electron chi connectivity index (χ0n) is 41.8. The summed E-state index contributed by atoms with van der Waals surface area (Å²) in [5.74, 6) is 0. The molecule has 72 heavy (non-hydrogen) atoms. The number of benzene rings is 10. The van der Waals surface area contributed by atoms with Crippen LogP contribution in [0.3, 0.4) is 0 Å². The molecule has 2 aliphatic rings. The molecule has 0 radical (unpaired) electrons. The van der Waals surface area contributed by atoms with Gasteiger partial charge >= 0.3 is 0 Å². The van der Waals surface area contributed by atoms with Crippen molar-refractivity contribution in [3.05, 3.63) is 259 Å². The Morgan fingerprint density at radius 1 is 0.306 bits per heavy atom. The van der Waals surface area contributed by atoms with Crippen molar-refractivity contribution in [3.8, 4) is 50.2 Å². The third-order valence-corrected chi connectivity index (χ3v) is 22.4. The lowest BCUT2D eigenvalue weighted by Crippen LogP contribution is -2.74. The lowest BCUT2D eigenvalue weighted by atomic mass is 9.73. The molecule has 0 fully saturated rings. The molecule has 1 nitrogen and oxygen atoms in total. The highest BCUT2D eigenvalue weighted by molar-refractivity contribution is 7.19. The molecule has 0 aliphatic heterocycles. The largest absolute Gasteiger partial charge is 0.309 e. The van der Waals surface area contributed by atoms with Crippen LogP contribution in [0.25, 0.3) is 72.0 Å². The Morgan fingerprint density at radius 3 is 1.04 bits per heavy atom.